The third-order valence-corrected chi connectivity index (χ3v) is 6.21. The van der Waals surface area contributed by atoms with E-state index < -0.39 is 0 Å². The van der Waals surface area contributed by atoms with Crippen molar-refractivity contribution < 1.29 is 4.74 Å². The molecule has 1 aromatic heterocycles. The summed E-state index contributed by atoms with van der Waals surface area (Å²) in [6, 6.07) is 2.59. The van der Waals surface area contributed by atoms with E-state index in [0.717, 1.165) is 57.8 Å². The van der Waals surface area contributed by atoms with Crippen LogP contribution in [0.4, 0.5) is 0 Å². The van der Waals surface area contributed by atoms with Crippen LogP contribution in [0.1, 0.15) is 51.6 Å². The minimum absolute atomic E-state index is 0. The van der Waals surface area contributed by atoms with E-state index in [1.54, 1.807) is 11.3 Å². The van der Waals surface area contributed by atoms with E-state index in [0.29, 0.717) is 6.04 Å². The fourth-order valence-corrected chi connectivity index (χ4v) is 4.43. The van der Waals surface area contributed by atoms with Gasteiger partial charge in [-0.1, -0.05) is 13.8 Å². The van der Waals surface area contributed by atoms with Gasteiger partial charge < -0.3 is 15.0 Å². The fourth-order valence-electron chi connectivity index (χ4n) is 3.72. The lowest BCUT2D eigenvalue weighted by Gasteiger charge is -2.30. The molecule has 1 fully saturated rings. The molecule has 0 aromatic carbocycles. The maximum Gasteiger partial charge on any atom is 0.193 e. The van der Waals surface area contributed by atoms with Crippen molar-refractivity contribution in [3.8, 4) is 0 Å². The number of hydrogen-bond acceptors (Lipinski definition) is 4. The van der Waals surface area contributed by atoms with E-state index >= 15 is 0 Å². The molecule has 0 bridgehead atoms. The number of ether oxygens (including phenoxy) is 1. The second kappa shape index (κ2) is 14.6. The molecule has 1 aliphatic rings. The second-order valence-electron chi connectivity index (χ2n) is 7.25. The lowest BCUT2D eigenvalue weighted by atomic mass is 9.96. The highest BCUT2D eigenvalue weighted by Gasteiger charge is 2.19. The second-order valence-corrected chi connectivity index (χ2v) is 8.03. The number of nitrogens with one attached hydrogen (secondary N) is 1. The number of rotatable bonds is 10. The van der Waals surface area contributed by atoms with Crippen LogP contribution in [0.15, 0.2) is 21.8 Å². The molecule has 1 N–H and O–H groups in total. The molecular weight excluding hydrogens is 483 g/mol. The van der Waals surface area contributed by atoms with Crippen LogP contribution < -0.4 is 5.32 Å². The molecule has 7 heteroatoms. The quantitative estimate of drug-likeness (QED) is 0.280. The van der Waals surface area contributed by atoms with Crippen LogP contribution in [0.25, 0.3) is 0 Å². The number of halogens is 1. The van der Waals surface area contributed by atoms with Crippen molar-refractivity contribution in [3.05, 3.63) is 22.4 Å². The lowest BCUT2D eigenvalue weighted by Crippen LogP contribution is -2.41. The van der Waals surface area contributed by atoms with Gasteiger partial charge in [-0.05, 0) is 67.6 Å². The first kappa shape index (κ1) is 25.7. The summed E-state index contributed by atoms with van der Waals surface area (Å²) in [5.41, 5.74) is 1.38. The molecule has 0 amide bonds. The Labute approximate surface area is 192 Å². The van der Waals surface area contributed by atoms with Crippen molar-refractivity contribution in [3.63, 3.8) is 0 Å². The maximum absolute atomic E-state index is 5.48. The molecule has 1 unspecified atom stereocenters. The van der Waals surface area contributed by atoms with Gasteiger partial charge in [-0.25, -0.2) is 0 Å². The van der Waals surface area contributed by atoms with E-state index in [-0.39, 0.29) is 24.0 Å². The van der Waals surface area contributed by atoms with Crippen LogP contribution in [-0.2, 0) is 4.74 Å². The zero-order valence-electron chi connectivity index (χ0n) is 18.0. The minimum atomic E-state index is 0. The molecular formula is C21H39IN4OS. The van der Waals surface area contributed by atoms with E-state index in [1.807, 2.05) is 0 Å². The summed E-state index contributed by atoms with van der Waals surface area (Å²) in [6.07, 6.45) is 3.61. The molecule has 1 aromatic rings. The molecule has 5 nitrogen and oxygen atoms in total. The molecule has 2 heterocycles. The maximum atomic E-state index is 5.48. The van der Waals surface area contributed by atoms with Gasteiger partial charge >= 0.3 is 0 Å². The molecule has 1 atom stereocenters. The Morgan fingerprint density at radius 1 is 1.29 bits per heavy atom. The molecule has 0 aliphatic carbocycles. The van der Waals surface area contributed by atoms with Gasteiger partial charge in [-0.2, -0.15) is 11.3 Å². The topological polar surface area (TPSA) is 40.1 Å². The Balaban J connectivity index is 0.00000392. The van der Waals surface area contributed by atoms with Crippen LogP contribution in [0.2, 0.25) is 0 Å². The van der Waals surface area contributed by atoms with Crippen LogP contribution in [0.3, 0.4) is 0 Å². The molecule has 28 heavy (non-hydrogen) atoms. The number of nitrogens with zero attached hydrogens (tertiary/aromatic N) is 3. The summed E-state index contributed by atoms with van der Waals surface area (Å²) in [4.78, 5) is 9.81. The Morgan fingerprint density at radius 3 is 2.57 bits per heavy atom. The van der Waals surface area contributed by atoms with Gasteiger partial charge in [-0.15, -0.1) is 24.0 Å². The largest absolute Gasteiger partial charge is 0.381 e. The molecule has 1 saturated heterocycles. The minimum Gasteiger partial charge on any atom is -0.381 e. The Kier molecular flexibility index (Phi) is 13.4. The standard InChI is InChI=1S/C21H38N4OS.HI/c1-5-22-21(24(4)12-8-18-9-13-26-14-10-18)23-16-20(25(6-2)7-3)19-11-15-27-17-19;/h11,15,17-18,20H,5-10,12-14,16H2,1-4H3,(H,22,23);1H. The number of likely N-dealkylation sites (N-methyl/N-ethyl adjacent to an activating group) is 1. The Bertz CT molecular complexity index is 531. The predicted octanol–water partition coefficient (Wildman–Crippen LogP) is 4.46. The smallest absolute Gasteiger partial charge is 0.193 e. The summed E-state index contributed by atoms with van der Waals surface area (Å²) in [6.45, 7) is 13.3. The monoisotopic (exact) mass is 522 g/mol. The van der Waals surface area contributed by atoms with Crippen molar-refractivity contribution in [2.45, 2.75) is 46.1 Å². The van der Waals surface area contributed by atoms with Crippen molar-refractivity contribution in [2.24, 2.45) is 10.9 Å². The Hall–Kier alpha value is -0.380. The third-order valence-electron chi connectivity index (χ3n) is 5.51. The van der Waals surface area contributed by atoms with E-state index in [1.165, 1.54) is 24.8 Å². The van der Waals surface area contributed by atoms with Gasteiger partial charge in [0.25, 0.3) is 0 Å². The van der Waals surface area contributed by atoms with E-state index in [4.69, 9.17) is 9.73 Å². The molecule has 0 radical (unpaired) electrons. The van der Waals surface area contributed by atoms with Crippen LogP contribution in [0, 0.1) is 5.92 Å². The number of guanidine groups is 1. The number of thiophene rings is 1. The zero-order valence-corrected chi connectivity index (χ0v) is 21.2. The van der Waals surface area contributed by atoms with Gasteiger partial charge in [0.15, 0.2) is 5.96 Å². The van der Waals surface area contributed by atoms with Gasteiger partial charge in [0.2, 0.25) is 0 Å². The molecule has 1 aliphatic heterocycles. The van der Waals surface area contributed by atoms with Crippen LogP contribution in [0.5, 0.6) is 0 Å². The first-order chi connectivity index (χ1) is 13.2. The molecule has 2 rings (SSSR count). The van der Waals surface area contributed by atoms with E-state index in [2.05, 4.69) is 59.8 Å². The lowest BCUT2D eigenvalue weighted by molar-refractivity contribution is 0.0625. The highest BCUT2D eigenvalue weighted by molar-refractivity contribution is 14.0. The summed E-state index contributed by atoms with van der Waals surface area (Å²) in [5, 5.41) is 7.91. The van der Waals surface area contributed by atoms with Crippen LogP contribution >= 0.6 is 35.3 Å². The summed E-state index contributed by atoms with van der Waals surface area (Å²) >= 11 is 1.77. The van der Waals surface area contributed by atoms with Gasteiger partial charge in [-0.3, -0.25) is 9.89 Å². The summed E-state index contributed by atoms with van der Waals surface area (Å²) in [7, 11) is 2.16. The molecule has 0 spiro atoms. The first-order valence-electron chi connectivity index (χ1n) is 10.5. The fraction of sp³-hybridized carbons (Fsp3) is 0.762. The van der Waals surface area contributed by atoms with Crippen molar-refractivity contribution in [1.29, 1.82) is 0 Å². The Morgan fingerprint density at radius 2 is 2.00 bits per heavy atom. The summed E-state index contributed by atoms with van der Waals surface area (Å²) in [5.74, 6) is 1.82. The summed E-state index contributed by atoms with van der Waals surface area (Å²) < 4.78 is 5.48. The average Bonchev–Trinajstić information content (AvgIpc) is 3.23. The SMILES string of the molecule is CCNC(=NCC(c1ccsc1)N(CC)CC)N(C)CCC1CCOCC1.I. The molecule has 162 valence electrons. The molecule has 0 saturated carbocycles. The van der Waals surface area contributed by atoms with Crippen LogP contribution in [-0.4, -0.2) is 68.7 Å². The number of aliphatic imine (C=N–C) groups is 1. The van der Waals surface area contributed by atoms with Crippen molar-refractivity contribution in [2.75, 3.05) is 53.0 Å². The average molecular weight is 523 g/mol. The van der Waals surface area contributed by atoms with Gasteiger partial charge in [0.1, 0.15) is 0 Å². The van der Waals surface area contributed by atoms with Gasteiger partial charge in [0.05, 0.1) is 12.6 Å². The normalized spacial score (nSPS) is 16.7. The highest BCUT2D eigenvalue weighted by atomic mass is 127. The van der Waals surface area contributed by atoms with Gasteiger partial charge in [0, 0.05) is 33.4 Å². The van der Waals surface area contributed by atoms with Crippen molar-refractivity contribution >= 4 is 41.3 Å². The van der Waals surface area contributed by atoms with E-state index in [9.17, 15) is 0 Å². The first-order valence-corrected chi connectivity index (χ1v) is 11.5. The van der Waals surface area contributed by atoms with Crippen molar-refractivity contribution in [1.82, 2.24) is 15.1 Å². The predicted molar refractivity (Wildman–Crippen MR) is 132 cm³/mol. The highest BCUT2D eigenvalue weighted by Crippen LogP contribution is 2.23. The number of hydrogen-bond donors (Lipinski definition) is 1. The third kappa shape index (κ3) is 8.16. The zero-order chi connectivity index (χ0) is 19.5.